The minimum Gasteiger partial charge on any atom is -0.454 e. The number of furan rings is 1. The van der Waals surface area contributed by atoms with Gasteiger partial charge in [0.2, 0.25) is 0 Å². The first kappa shape index (κ1) is 40.1. The third-order valence-electron chi connectivity index (χ3n) is 12.1. The third kappa shape index (κ3) is 5.10. The zero-order valence-corrected chi connectivity index (χ0v) is 32.3. The first-order valence-corrected chi connectivity index (χ1v) is 18.7. The number of benzene rings is 7. The van der Waals surface area contributed by atoms with E-state index in [9.17, 15) is 0 Å². The molecule has 0 fully saturated rings. The summed E-state index contributed by atoms with van der Waals surface area (Å²) in [5.41, 5.74) is 3.30. The Bertz CT molecular complexity index is 3540. The molecule has 19 heteroatoms. The molecular weight excluding hydrogens is 721 g/mol. The van der Waals surface area contributed by atoms with Crippen LogP contribution in [0.2, 0.25) is 0 Å². The molecule has 32 radical (unpaired) electrons. The van der Waals surface area contributed by atoms with Crippen molar-refractivity contribution in [2.75, 3.05) is 0 Å². The van der Waals surface area contributed by atoms with Crippen molar-refractivity contribution in [2.24, 2.45) is 0 Å². The van der Waals surface area contributed by atoms with Gasteiger partial charge < -0.3 is 13.6 Å². The van der Waals surface area contributed by atoms with Gasteiger partial charge in [-0.15, -0.1) is 21.9 Å². The van der Waals surface area contributed by atoms with E-state index in [4.69, 9.17) is 130 Å². The molecule has 3 aromatic heterocycles. The van der Waals surface area contributed by atoms with Gasteiger partial charge in [-0.25, -0.2) is 0 Å². The second kappa shape index (κ2) is 13.7. The van der Waals surface area contributed by atoms with Crippen LogP contribution in [0, 0.1) is 0 Å². The van der Waals surface area contributed by atoms with E-state index < -0.39 is 0 Å². The van der Waals surface area contributed by atoms with E-state index in [2.05, 4.69) is 0 Å². The summed E-state index contributed by atoms with van der Waals surface area (Å²) in [5.74, 6) is 0. The summed E-state index contributed by atoms with van der Waals surface area (Å²) in [5, 5.41) is 4.13. The Morgan fingerprint density at radius 1 is 0.311 bits per heavy atom. The van der Waals surface area contributed by atoms with Crippen LogP contribution in [-0.2, 0) is 0 Å². The number of aromatic nitrogens is 2. The van der Waals surface area contributed by atoms with E-state index in [1.54, 1.807) is 0 Å². The summed E-state index contributed by atoms with van der Waals surface area (Å²) < 4.78 is 9.90. The molecule has 61 heavy (non-hydrogen) atoms. The van der Waals surface area contributed by atoms with Crippen molar-refractivity contribution in [2.45, 2.75) is 0 Å². The SMILES string of the molecule is [B]c1c([B])c(-n2c3c([B])c([B])c([B])c([B])c3c3c([B])c([B])c([B])c([B])c32)c([B])c([B])c1-c1c([B])c([B])c(-n2c3ccccc3c3ccc4c5ccccc5oc4c32)c([B])c1[B]. The first-order valence-electron chi connectivity index (χ1n) is 18.7. The van der Waals surface area contributed by atoms with Gasteiger partial charge in [0.05, 0.1) is 11.0 Å². The molecule has 0 spiro atoms. The highest BCUT2D eigenvalue weighted by atomic mass is 16.3. The minimum absolute atomic E-state index is 0.000209. The summed E-state index contributed by atoms with van der Waals surface area (Å²) in [6, 6.07) is 19.6. The standard InChI is InChI=1S/C42H10B16N2O/c43-21-17(22(44)32(54)40(31(21)53)59-15-7-3-1-5-11(15)13-9-10-14-12-6-2-4-8-16(12)61-42(14)37(13)59)18-23(45)33(55)41(34(56)24(18)46)60-38-19(25(47)27(49)29(51)35(38)57)20-26(48)28(50)30(52)36(58)39(20)60/h1-10H. The largest absolute Gasteiger partial charge is 0.454 e. The molecule has 10 rings (SSSR count). The minimum atomic E-state index is -0.114. The third-order valence-corrected chi connectivity index (χ3v) is 12.1. The fraction of sp³-hybridized carbons (Fsp3) is 0. The predicted octanol–water partition coefficient (Wildman–Crippen LogP) is -7.85. The van der Waals surface area contributed by atoms with Gasteiger partial charge in [-0.1, -0.05) is 108 Å². The normalized spacial score (nSPS) is 12.0. The lowest BCUT2D eigenvalue weighted by Gasteiger charge is -2.30. The van der Waals surface area contributed by atoms with E-state index >= 15 is 0 Å². The van der Waals surface area contributed by atoms with Crippen LogP contribution in [0.5, 0.6) is 0 Å². The van der Waals surface area contributed by atoms with Gasteiger partial charge in [0.1, 0.15) is 131 Å². The second-order valence-corrected chi connectivity index (χ2v) is 15.1. The molecule has 3 heterocycles. The van der Waals surface area contributed by atoms with Crippen molar-refractivity contribution in [3.63, 3.8) is 0 Å². The van der Waals surface area contributed by atoms with Crippen molar-refractivity contribution < 1.29 is 4.42 Å². The first-order chi connectivity index (χ1) is 29.0. The fourth-order valence-electron chi connectivity index (χ4n) is 9.05. The molecule has 0 unspecified atom stereocenters. The molecule has 3 nitrogen and oxygen atoms in total. The molecule has 0 saturated carbocycles. The molecule has 242 valence electrons. The van der Waals surface area contributed by atoms with Gasteiger partial charge in [-0.2, -0.15) is 0 Å². The maximum Gasteiger partial charge on any atom is 0.160 e. The molecule has 0 bridgehead atoms. The lowest BCUT2D eigenvalue weighted by Crippen LogP contribution is -2.52. The van der Waals surface area contributed by atoms with Gasteiger partial charge in [-0.05, 0) is 40.1 Å². The monoisotopic (exact) mass is 734 g/mol. The summed E-state index contributed by atoms with van der Waals surface area (Å²) in [4.78, 5) is 0. The average Bonchev–Trinajstić information content (AvgIpc) is 3.92. The van der Waals surface area contributed by atoms with Crippen LogP contribution in [0.25, 0.3) is 88.1 Å². The van der Waals surface area contributed by atoms with Crippen LogP contribution < -0.4 is 87.4 Å². The van der Waals surface area contributed by atoms with Gasteiger partial charge in [-0.3, -0.25) is 0 Å². The van der Waals surface area contributed by atoms with Crippen LogP contribution in [-0.4, -0.2) is 135 Å². The van der Waals surface area contributed by atoms with Crippen molar-refractivity contribution in [1.82, 2.24) is 9.13 Å². The van der Waals surface area contributed by atoms with Crippen LogP contribution in [0.15, 0.2) is 65.1 Å². The fourth-order valence-corrected chi connectivity index (χ4v) is 9.05. The highest BCUT2D eigenvalue weighted by Crippen LogP contribution is 2.39. The number of hydrogen-bond acceptors (Lipinski definition) is 1. The number of nitrogens with zero attached hydrogens (tertiary/aromatic N) is 2. The Kier molecular flexibility index (Phi) is 9.03. The summed E-state index contributed by atoms with van der Waals surface area (Å²) in [7, 11) is 108. The van der Waals surface area contributed by atoms with E-state index in [1.165, 1.54) is 4.57 Å². The Morgan fingerprint density at radius 2 is 0.721 bits per heavy atom. The molecule has 0 atom stereocenters. The van der Waals surface area contributed by atoms with Crippen LogP contribution in [0.3, 0.4) is 0 Å². The number of fused-ring (bicyclic) bond motifs is 10. The molecule has 0 amide bonds. The Morgan fingerprint density at radius 3 is 1.23 bits per heavy atom. The molecule has 0 aliphatic carbocycles. The predicted molar refractivity (Wildman–Crippen MR) is 274 cm³/mol. The van der Waals surface area contributed by atoms with Gasteiger partial charge in [0.15, 0.2) is 5.58 Å². The highest BCUT2D eigenvalue weighted by Gasteiger charge is 2.28. The summed E-state index contributed by atoms with van der Waals surface area (Å²) in [6.45, 7) is 0. The van der Waals surface area contributed by atoms with E-state index in [0.29, 0.717) is 22.4 Å². The van der Waals surface area contributed by atoms with Crippen LogP contribution in [0.1, 0.15) is 0 Å². The van der Waals surface area contributed by atoms with Gasteiger partial charge in [0.25, 0.3) is 0 Å². The molecule has 0 N–H and O–H groups in total. The molecule has 10 aromatic rings. The van der Waals surface area contributed by atoms with Crippen LogP contribution >= 0.6 is 0 Å². The Hall–Kier alpha value is -5.02. The molecule has 0 aliphatic heterocycles. The van der Waals surface area contributed by atoms with E-state index in [0.717, 1.165) is 27.1 Å². The topological polar surface area (TPSA) is 23.0 Å². The van der Waals surface area contributed by atoms with E-state index in [-0.39, 0.29) is 126 Å². The molecular formula is C42H10B16N2O. The zero-order valence-electron chi connectivity index (χ0n) is 32.3. The number of rotatable bonds is 3. The molecule has 7 aromatic carbocycles. The van der Waals surface area contributed by atoms with Crippen molar-refractivity contribution in [3.8, 4) is 22.5 Å². The quantitative estimate of drug-likeness (QED) is 0.166. The van der Waals surface area contributed by atoms with Crippen molar-refractivity contribution in [1.29, 1.82) is 0 Å². The molecule has 0 saturated heterocycles. The Balaban J connectivity index is 1.28. The van der Waals surface area contributed by atoms with E-state index in [1.807, 2.05) is 65.2 Å². The van der Waals surface area contributed by atoms with Gasteiger partial charge >= 0.3 is 0 Å². The molecule has 0 aliphatic rings. The highest BCUT2D eigenvalue weighted by molar-refractivity contribution is 6.72. The smallest absolute Gasteiger partial charge is 0.160 e. The zero-order chi connectivity index (χ0) is 43.4. The lowest BCUT2D eigenvalue weighted by molar-refractivity contribution is 0.671. The van der Waals surface area contributed by atoms with Gasteiger partial charge in [0, 0.05) is 44.0 Å². The maximum absolute atomic E-state index is 7.05. The van der Waals surface area contributed by atoms with Crippen molar-refractivity contribution >= 4 is 278 Å². The second-order valence-electron chi connectivity index (χ2n) is 15.1. The lowest BCUT2D eigenvalue weighted by atomic mass is 9.59. The van der Waals surface area contributed by atoms with Crippen LogP contribution in [0.4, 0.5) is 0 Å². The Labute approximate surface area is 373 Å². The van der Waals surface area contributed by atoms with Crippen molar-refractivity contribution in [3.05, 3.63) is 60.7 Å². The summed E-state index contributed by atoms with van der Waals surface area (Å²) in [6.07, 6.45) is 0. The summed E-state index contributed by atoms with van der Waals surface area (Å²) >= 11 is 0. The maximum atomic E-state index is 7.05. The average molecular weight is 732 g/mol. The number of hydrogen-bond donors (Lipinski definition) is 0. The number of para-hydroxylation sites is 2.